The Bertz CT molecular complexity index is 1800. The standard InChI is InChI=1S/C34H37N5O4/c1-22-18-39(21-35-22)27-15-23(19-38-13-7-8-25(20-38)37-33(41)43-34(2,3)4)14-26(17-27)36-32(40)24-11-12-29-28-9-5-6-10-30(28)42-31(29)16-24/h5-6,9-12,14-18,21,25H,7-8,13,19-20H2,1-4H3,(H,36,40)(H,37,41)/t25-/m0/s1. The number of para-hydroxylation sites is 1. The highest BCUT2D eigenvalue weighted by Gasteiger charge is 2.24. The molecule has 1 aliphatic heterocycles. The Hall–Kier alpha value is -4.63. The highest BCUT2D eigenvalue weighted by atomic mass is 16.6. The van der Waals surface area contributed by atoms with E-state index in [0.717, 1.165) is 52.7 Å². The molecule has 9 heteroatoms. The summed E-state index contributed by atoms with van der Waals surface area (Å²) in [5, 5.41) is 8.14. The maximum Gasteiger partial charge on any atom is 0.407 e. The second-order valence-corrected chi connectivity index (χ2v) is 12.3. The number of benzene rings is 3. The molecule has 0 unspecified atom stereocenters. The van der Waals surface area contributed by atoms with E-state index >= 15 is 0 Å². The van der Waals surface area contributed by atoms with Gasteiger partial charge in [0, 0.05) is 53.0 Å². The van der Waals surface area contributed by atoms with Gasteiger partial charge in [-0.1, -0.05) is 18.2 Å². The van der Waals surface area contributed by atoms with E-state index in [-0.39, 0.29) is 18.0 Å². The number of hydrogen-bond donors (Lipinski definition) is 2. The number of hydrogen-bond acceptors (Lipinski definition) is 6. The highest BCUT2D eigenvalue weighted by molar-refractivity contribution is 6.10. The van der Waals surface area contributed by atoms with Crippen LogP contribution in [0.5, 0.6) is 0 Å². The van der Waals surface area contributed by atoms with E-state index in [0.29, 0.717) is 29.9 Å². The second kappa shape index (κ2) is 11.6. The van der Waals surface area contributed by atoms with Gasteiger partial charge in [-0.05, 0) is 95.1 Å². The lowest BCUT2D eigenvalue weighted by Gasteiger charge is -2.33. The quantitative estimate of drug-likeness (QED) is 0.229. The van der Waals surface area contributed by atoms with E-state index in [1.165, 1.54) is 0 Å². The number of rotatable bonds is 6. The van der Waals surface area contributed by atoms with Gasteiger partial charge in [-0.2, -0.15) is 0 Å². The van der Waals surface area contributed by atoms with Gasteiger partial charge in [-0.3, -0.25) is 9.69 Å². The Morgan fingerprint density at radius 1 is 1.05 bits per heavy atom. The van der Waals surface area contributed by atoms with Crippen LogP contribution in [0, 0.1) is 6.92 Å². The molecule has 222 valence electrons. The fraction of sp³-hybridized carbons (Fsp3) is 0.324. The average molecular weight is 580 g/mol. The lowest BCUT2D eigenvalue weighted by atomic mass is 10.0. The number of piperidine rings is 1. The molecule has 2 amide bonds. The van der Waals surface area contributed by atoms with Crippen molar-refractivity contribution >= 4 is 39.6 Å². The Morgan fingerprint density at radius 3 is 2.65 bits per heavy atom. The first kappa shape index (κ1) is 28.5. The minimum absolute atomic E-state index is 0.00965. The number of aromatic nitrogens is 2. The van der Waals surface area contributed by atoms with E-state index in [9.17, 15) is 9.59 Å². The van der Waals surface area contributed by atoms with Gasteiger partial charge in [-0.15, -0.1) is 0 Å². The van der Waals surface area contributed by atoms with Crippen molar-refractivity contribution in [2.75, 3.05) is 18.4 Å². The van der Waals surface area contributed by atoms with Crippen LogP contribution in [0.15, 0.2) is 77.6 Å². The predicted molar refractivity (Wildman–Crippen MR) is 168 cm³/mol. The summed E-state index contributed by atoms with van der Waals surface area (Å²) < 4.78 is 13.4. The number of furan rings is 1. The van der Waals surface area contributed by atoms with E-state index < -0.39 is 5.60 Å². The van der Waals surface area contributed by atoms with Crippen LogP contribution in [0.25, 0.3) is 27.6 Å². The van der Waals surface area contributed by atoms with Gasteiger partial charge in [0.05, 0.1) is 12.0 Å². The molecule has 0 saturated carbocycles. The van der Waals surface area contributed by atoms with Crippen molar-refractivity contribution in [2.45, 2.75) is 58.7 Å². The topological polar surface area (TPSA) is 102 Å². The van der Waals surface area contributed by atoms with Gasteiger partial charge in [0.15, 0.2) is 0 Å². The third kappa shape index (κ3) is 6.73. The minimum atomic E-state index is -0.538. The number of fused-ring (bicyclic) bond motifs is 3. The van der Waals surface area contributed by atoms with Gasteiger partial charge in [0.25, 0.3) is 5.91 Å². The molecule has 5 aromatic rings. The molecule has 2 N–H and O–H groups in total. The Labute approximate surface area is 250 Å². The number of anilines is 1. The first-order valence-corrected chi connectivity index (χ1v) is 14.7. The van der Waals surface area contributed by atoms with Gasteiger partial charge >= 0.3 is 6.09 Å². The first-order valence-electron chi connectivity index (χ1n) is 14.7. The van der Waals surface area contributed by atoms with Crippen LogP contribution in [0.1, 0.15) is 55.2 Å². The fourth-order valence-electron chi connectivity index (χ4n) is 5.67. The zero-order valence-electron chi connectivity index (χ0n) is 25.0. The van der Waals surface area contributed by atoms with Crippen molar-refractivity contribution < 1.29 is 18.7 Å². The molecule has 43 heavy (non-hydrogen) atoms. The van der Waals surface area contributed by atoms with Crippen molar-refractivity contribution in [2.24, 2.45) is 0 Å². The van der Waals surface area contributed by atoms with Crippen molar-refractivity contribution in [1.29, 1.82) is 0 Å². The van der Waals surface area contributed by atoms with Crippen molar-refractivity contribution in [1.82, 2.24) is 19.8 Å². The summed E-state index contributed by atoms with van der Waals surface area (Å²) in [5.74, 6) is -0.216. The number of nitrogens with zero attached hydrogens (tertiary/aromatic N) is 3. The number of amides is 2. The van der Waals surface area contributed by atoms with E-state index in [2.05, 4.69) is 26.6 Å². The molecule has 0 radical (unpaired) electrons. The van der Waals surface area contributed by atoms with Crippen LogP contribution in [-0.4, -0.2) is 51.2 Å². The number of nitrogens with one attached hydrogen (secondary N) is 2. The molecule has 1 atom stereocenters. The SMILES string of the molecule is Cc1cn(-c2cc(CN3CCC[C@H](NC(=O)OC(C)(C)C)C3)cc(NC(=O)c3ccc4c(c3)oc3ccccc34)c2)cn1. The highest BCUT2D eigenvalue weighted by Crippen LogP contribution is 2.29. The lowest BCUT2D eigenvalue weighted by Crippen LogP contribution is -2.48. The van der Waals surface area contributed by atoms with Crippen LogP contribution >= 0.6 is 0 Å². The molecule has 1 aliphatic rings. The molecule has 3 heterocycles. The molecule has 2 aromatic heterocycles. The summed E-state index contributed by atoms with van der Waals surface area (Å²) in [6.07, 6.45) is 5.22. The van der Waals surface area contributed by atoms with Crippen LogP contribution in [0.4, 0.5) is 10.5 Å². The van der Waals surface area contributed by atoms with Crippen molar-refractivity contribution in [3.05, 3.63) is 90.0 Å². The number of carbonyl (C=O) groups is 2. The number of carbonyl (C=O) groups excluding carboxylic acids is 2. The molecular formula is C34H37N5O4. The van der Waals surface area contributed by atoms with Gasteiger partial charge in [0.1, 0.15) is 16.8 Å². The predicted octanol–water partition coefficient (Wildman–Crippen LogP) is 6.82. The second-order valence-electron chi connectivity index (χ2n) is 12.3. The van der Waals surface area contributed by atoms with Crippen LogP contribution < -0.4 is 10.6 Å². The van der Waals surface area contributed by atoms with Gasteiger partial charge < -0.3 is 24.4 Å². The summed E-state index contributed by atoms with van der Waals surface area (Å²) >= 11 is 0. The molecule has 0 aliphatic carbocycles. The Kier molecular flexibility index (Phi) is 7.66. The number of aryl methyl sites for hydroxylation is 1. The maximum absolute atomic E-state index is 13.4. The summed E-state index contributed by atoms with van der Waals surface area (Å²) in [4.78, 5) is 32.5. The van der Waals surface area contributed by atoms with Gasteiger partial charge in [0.2, 0.25) is 0 Å². The molecule has 1 saturated heterocycles. The summed E-state index contributed by atoms with van der Waals surface area (Å²) in [6, 6.07) is 19.5. The third-order valence-corrected chi connectivity index (χ3v) is 7.52. The molecule has 3 aromatic carbocycles. The largest absolute Gasteiger partial charge is 0.456 e. The zero-order chi connectivity index (χ0) is 30.1. The number of likely N-dealkylation sites (tertiary alicyclic amines) is 1. The number of imidazole rings is 1. The summed E-state index contributed by atoms with van der Waals surface area (Å²) in [5.41, 5.74) is 5.00. The minimum Gasteiger partial charge on any atom is -0.456 e. The summed E-state index contributed by atoms with van der Waals surface area (Å²) in [7, 11) is 0. The molecule has 9 nitrogen and oxygen atoms in total. The molecular weight excluding hydrogens is 542 g/mol. The monoisotopic (exact) mass is 579 g/mol. The van der Waals surface area contributed by atoms with Crippen LogP contribution in [0.2, 0.25) is 0 Å². The van der Waals surface area contributed by atoms with E-state index in [1.54, 1.807) is 12.4 Å². The van der Waals surface area contributed by atoms with Gasteiger partial charge in [-0.25, -0.2) is 9.78 Å². The van der Waals surface area contributed by atoms with Crippen molar-refractivity contribution in [3.8, 4) is 5.69 Å². The third-order valence-electron chi connectivity index (χ3n) is 7.52. The number of ether oxygens (including phenoxy) is 1. The van der Waals surface area contributed by atoms with Crippen LogP contribution in [0.3, 0.4) is 0 Å². The zero-order valence-corrected chi connectivity index (χ0v) is 25.0. The van der Waals surface area contributed by atoms with Crippen LogP contribution in [-0.2, 0) is 11.3 Å². The maximum atomic E-state index is 13.4. The number of alkyl carbamates (subject to hydrolysis) is 1. The molecule has 6 rings (SSSR count). The normalized spacial score (nSPS) is 16.0. The molecule has 0 bridgehead atoms. The smallest absolute Gasteiger partial charge is 0.407 e. The average Bonchev–Trinajstić information content (AvgIpc) is 3.55. The Balaban J connectivity index is 1.22. The Morgan fingerprint density at radius 2 is 1.86 bits per heavy atom. The lowest BCUT2D eigenvalue weighted by molar-refractivity contribution is 0.0470. The molecule has 1 fully saturated rings. The van der Waals surface area contributed by atoms with E-state index in [1.807, 2.05) is 87.0 Å². The van der Waals surface area contributed by atoms with Crippen molar-refractivity contribution in [3.63, 3.8) is 0 Å². The summed E-state index contributed by atoms with van der Waals surface area (Å²) in [6.45, 7) is 9.84. The first-order chi connectivity index (χ1) is 20.6. The fourth-order valence-corrected chi connectivity index (χ4v) is 5.67. The van der Waals surface area contributed by atoms with E-state index in [4.69, 9.17) is 9.15 Å². The molecule has 0 spiro atoms.